The van der Waals surface area contributed by atoms with E-state index in [2.05, 4.69) is 15.7 Å². The van der Waals surface area contributed by atoms with Crippen LogP contribution in [-0.4, -0.2) is 60.6 Å². The molecular weight excluding hydrogens is 372 g/mol. The van der Waals surface area contributed by atoms with E-state index in [-0.39, 0.29) is 12.5 Å². The number of anilines is 3. The second-order valence-electron chi connectivity index (χ2n) is 6.18. The van der Waals surface area contributed by atoms with Crippen LogP contribution in [0.3, 0.4) is 0 Å². The maximum Gasteiger partial charge on any atom is 0.314 e. The van der Waals surface area contributed by atoms with Gasteiger partial charge in [0.05, 0.1) is 22.6 Å². The molecule has 0 aliphatic rings. The molecule has 10 heteroatoms. The van der Waals surface area contributed by atoms with Gasteiger partial charge in [-0.15, -0.1) is 0 Å². The second kappa shape index (κ2) is 8.54. The Morgan fingerprint density at radius 3 is 2.26 bits per heavy atom. The van der Waals surface area contributed by atoms with Crippen molar-refractivity contribution in [2.45, 2.75) is 6.54 Å². The predicted octanol–water partition coefficient (Wildman–Crippen LogP) is 1.27. The van der Waals surface area contributed by atoms with Gasteiger partial charge in [-0.3, -0.25) is 19.1 Å². The molecule has 1 heterocycles. The van der Waals surface area contributed by atoms with Crippen molar-refractivity contribution in [1.29, 1.82) is 0 Å². The highest BCUT2D eigenvalue weighted by atomic mass is 35.5. The first-order valence-corrected chi connectivity index (χ1v) is 8.37. The maximum absolute atomic E-state index is 12.1. The molecule has 27 heavy (non-hydrogen) atoms. The molecule has 0 radical (unpaired) electrons. The molecule has 144 valence electrons. The standard InChI is InChI=1S/C17H21ClN6O3/c1-22(2)14-6-5-11(7-13(14)18)20-16(26)17(27)21-12-8-19-24(9-12)10-15(25)23(3)4/h5-9H,10H2,1-4H3,(H,20,26)(H,21,27). The van der Waals surface area contributed by atoms with Crippen molar-refractivity contribution in [3.8, 4) is 0 Å². The molecular formula is C17H21ClN6O3. The molecule has 0 aliphatic carbocycles. The molecule has 0 unspecified atom stereocenters. The molecule has 2 N–H and O–H groups in total. The Labute approximate surface area is 161 Å². The molecule has 0 saturated heterocycles. The first kappa shape index (κ1) is 20.2. The average Bonchev–Trinajstić information content (AvgIpc) is 3.01. The second-order valence-corrected chi connectivity index (χ2v) is 6.59. The van der Waals surface area contributed by atoms with E-state index >= 15 is 0 Å². The minimum absolute atomic E-state index is 0.0335. The molecule has 1 aromatic carbocycles. The predicted molar refractivity (Wildman–Crippen MR) is 104 cm³/mol. The third-order valence-corrected chi connectivity index (χ3v) is 3.88. The normalized spacial score (nSPS) is 10.3. The number of likely N-dealkylation sites (N-methyl/N-ethyl adjacent to an activating group) is 1. The summed E-state index contributed by atoms with van der Waals surface area (Å²) >= 11 is 6.15. The third kappa shape index (κ3) is 5.45. The number of nitrogens with zero attached hydrogens (tertiary/aromatic N) is 4. The summed E-state index contributed by atoms with van der Waals surface area (Å²) in [7, 11) is 6.96. The molecule has 0 spiro atoms. The number of carbonyl (C=O) groups excluding carboxylic acids is 3. The number of benzene rings is 1. The van der Waals surface area contributed by atoms with Crippen LogP contribution in [0.1, 0.15) is 0 Å². The van der Waals surface area contributed by atoms with E-state index in [0.717, 1.165) is 5.69 Å². The lowest BCUT2D eigenvalue weighted by Crippen LogP contribution is -2.29. The lowest BCUT2D eigenvalue weighted by molar-refractivity contribution is -0.133. The van der Waals surface area contributed by atoms with Crippen LogP contribution < -0.4 is 15.5 Å². The molecule has 0 fully saturated rings. The zero-order valence-corrected chi connectivity index (χ0v) is 16.2. The number of hydrogen-bond acceptors (Lipinski definition) is 5. The first-order chi connectivity index (χ1) is 12.7. The number of carbonyl (C=O) groups is 3. The Hall–Kier alpha value is -3.07. The van der Waals surface area contributed by atoms with E-state index in [1.54, 1.807) is 32.3 Å². The van der Waals surface area contributed by atoms with E-state index < -0.39 is 11.8 Å². The molecule has 0 aliphatic heterocycles. The van der Waals surface area contributed by atoms with Gasteiger partial charge in [0.2, 0.25) is 5.91 Å². The van der Waals surface area contributed by atoms with Gasteiger partial charge in [0.25, 0.3) is 0 Å². The maximum atomic E-state index is 12.1. The van der Waals surface area contributed by atoms with Crippen LogP contribution in [0.2, 0.25) is 5.02 Å². The molecule has 0 saturated carbocycles. The van der Waals surface area contributed by atoms with Crippen LogP contribution >= 0.6 is 11.6 Å². The van der Waals surface area contributed by atoms with Gasteiger partial charge >= 0.3 is 11.8 Å². The van der Waals surface area contributed by atoms with Crippen molar-refractivity contribution in [3.63, 3.8) is 0 Å². The summed E-state index contributed by atoms with van der Waals surface area (Å²) in [4.78, 5) is 39.0. The van der Waals surface area contributed by atoms with Gasteiger partial charge < -0.3 is 20.4 Å². The van der Waals surface area contributed by atoms with Crippen LogP contribution in [-0.2, 0) is 20.9 Å². The highest BCUT2D eigenvalue weighted by molar-refractivity contribution is 6.43. The number of nitrogens with one attached hydrogen (secondary N) is 2. The number of halogens is 1. The lowest BCUT2D eigenvalue weighted by atomic mass is 10.2. The summed E-state index contributed by atoms with van der Waals surface area (Å²) < 4.78 is 1.37. The largest absolute Gasteiger partial charge is 0.376 e. The summed E-state index contributed by atoms with van der Waals surface area (Å²) in [5, 5.41) is 9.33. The van der Waals surface area contributed by atoms with E-state index in [4.69, 9.17) is 11.6 Å². The van der Waals surface area contributed by atoms with Crippen molar-refractivity contribution >= 4 is 46.4 Å². The van der Waals surface area contributed by atoms with Crippen molar-refractivity contribution in [2.24, 2.45) is 0 Å². The molecule has 9 nitrogen and oxygen atoms in total. The lowest BCUT2D eigenvalue weighted by Gasteiger charge is -2.15. The quantitative estimate of drug-likeness (QED) is 0.746. The minimum Gasteiger partial charge on any atom is -0.376 e. The van der Waals surface area contributed by atoms with Crippen molar-refractivity contribution in [1.82, 2.24) is 14.7 Å². The van der Waals surface area contributed by atoms with E-state index in [1.807, 2.05) is 19.0 Å². The van der Waals surface area contributed by atoms with E-state index in [1.165, 1.54) is 22.0 Å². The summed E-state index contributed by atoms with van der Waals surface area (Å²) in [6, 6.07) is 4.95. The van der Waals surface area contributed by atoms with Gasteiger partial charge in [-0.25, -0.2) is 0 Å². The summed E-state index contributed by atoms with van der Waals surface area (Å²) in [6.07, 6.45) is 2.83. The van der Waals surface area contributed by atoms with Gasteiger partial charge in [-0.2, -0.15) is 5.10 Å². The fraction of sp³-hybridized carbons (Fsp3) is 0.294. The number of aromatic nitrogens is 2. The highest BCUT2D eigenvalue weighted by Gasteiger charge is 2.16. The Morgan fingerprint density at radius 2 is 1.70 bits per heavy atom. The van der Waals surface area contributed by atoms with Crippen molar-refractivity contribution in [2.75, 3.05) is 43.7 Å². The molecule has 1 aromatic heterocycles. The zero-order chi connectivity index (χ0) is 20.1. The van der Waals surface area contributed by atoms with Crippen molar-refractivity contribution in [3.05, 3.63) is 35.6 Å². The Kier molecular flexibility index (Phi) is 6.40. The van der Waals surface area contributed by atoms with Crippen LogP contribution in [0.15, 0.2) is 30.6 Å². The fourth-order valence-electron chi connectivity index (χ4n) is 2.12. The molecule has 0 bridgehead atoms. The fourth-order valence-corrected chi connectivity index (χ4v) is 2.47. The Morgan fingerprint density at radius 1 is 1.07 bits per heavy atom. The van der Waals surface area contributed by atoms with Crippen LogP contribution in [0.5, 0.6) is 0 Å². The van der Waals surface area contributed by atoms with Gasteiger partial charge in [0, 0.05) is 40.1 Å². The SMILES string of the molecule is CN(C)C(=O)Cn1cc(NC(=O)C(=O)Nc2ccc(N(C)C)c(Cl)c2)cn1. The molecule has 3 amide bonds. The Balaban J connectivity index is 1.96. The number of hydrogen-bond donors (Lipinski definition) is 2. The van der Waals surface area contributed by atoms with Crippen LogP contribution in [0.4, 0.5) is 17.1 Å². The summed E-state index contributed by atoms with van der Waals surface area (Å²) in [5.74, 6) is -1.85. The topological polar surface area (TPSA) is 99.6 Å². The average molecular weight is 393 g/mol. The smallest absolute Gasteiger partial charge is 0.314 e. The highest BCUT2D eigenvalue weighted by Crippen LogP contribution is 2.27. The zero-order valence-electron chi connectivity index (χ0n) is 15.5. The van der Waals surface area contributed by atoms with E-state index in [0.29, 0.717) is 16.4 Å². The third-order valence-electron chi connectivity index (χ3n) is 3.58. The van der Waals surface area contributed by atoms with Crippen LogP contribution in [0.25, 0.3) is 0 Å². The van der Waals surface area contributed by atoms with E-state index in [9.17, 15) is 14.4 Å². The van der Waals surface area contributed by atoms with Gasteiger partial charge in [0.1, 0.15) is 6.54 Å². The van der Waals surface area contributed by atoms with Gasteiger partial charge in [-0.1, -0.05) is 11.6 Å². The minimum atomic E-state index is -0.860. The first-order valence-electron chi connectivity index (χ1n) is 7.99. The molecule has 2 rings (SSSR count). The van der Waals surface area contributed by atoms with Crippen LogP contribution in [0, 0.1) is 0 Å². The molecule has 0 atom stereocenters. The summed E-state index contributed by atoms with van der Waals surface area (Å²) in [6.45, 7) is 0.0335. The number of amides is 3. The summed E-state index contributed by atoms with van der Waals surface area (Å²) in [5.41, 5.74) is 1.50. The Bertz CT molecular complexity index is 862. The molecule has 2 aromatic rings. The van der Waals surface area contributed by atoms with Gasteiger partial charge in [0.15, 0.2) is 0 Å². The van der Waals surface area contributed by atoms with Crippen molar-refractivity contribution < 1.29 is 14.4 Å². The van der Waals surface area contributed by atoms with Gasteiger partial charge in [-0.05, 0) is 18.2 Å². The monoisotopic (exact) mass is 392 g/mol. The number of rotatable bonds is 5.